The maximum atomic E-state index is 12.7. The molecule has 0 radical (unpaired) electrons. The minimum Gasteiger partial charge on any atom is -0.340 e. The van der Waals surface area contributed by atoms with Gasteiger partial charge in [-0.05, 0) is 72.5 Å². The van der Waals surface area contributed by atoms with E-state index in [4.69, 9.17) is 0 Å². The minimum atomic E-state index is -0.425. The number of para-hydroxylation sites is 2. The molecule has 7 rings (SSSR count). The van der Waals surface area contributed by atoms with E-state index in [9.17, 15) is 20.2 Å². The Morgan fingerprint density at radius 2 is 0.904 bits per heavy atom. The predicted octanol–water partition coefficient (Wildman–Crippen LogP) is 13.2. The lowest BCUT2D eigenvalue weighted by atomic mass is 9.95. The lowest BCUT2D eigenvalue weighted by molar-refractivity contribution is -0.388. The number of anilines is 4. The molecule has 8 nitrogen and oxygen atoms in total. The van der Waals surface area contributed by atoms with Crippen LogP contribution in [0.3, 0.4) is 0 Å². The molecule has 2 aliphatic rings. The molecule has 5 aromatic carbocycles. The van der Waals surface area contributed by atoms with Crippen molar-refractivity contribution in [1.29, 1.82) is 0 Å². The molecule has 5 aromatic rings. The molecule has 0 fully saturated rings. The van der Waals surface area contributed by atoms with Crippen LogP contribution in [-0.4, -0.2) is 22.9 Å². The standard InChI is InChI=1S/C42H42N4O4S2/c1-3-5-7-13-23-43-33-15-9-11-17-39(33)51-41-25-29(19-21-35(41)43)31-27-38(46(49)50)32(28-37(31)45(47)48)30-20-22-36-42(26-30)52-40-18-12-10-16-34(40)44(36)24-14-8-6-4-2/h9-12,15-22,25-28H,3-8,13-14,23-24H2,1-2H3. The van der Waals surface area contributed by atoms with Crippen LogP contribution >= 0.6 is 23.5 Å². The van der Waals surface area contributed by atoms with Crippen molar-refractivity contribution in [2.45, 2.75) is 84.8 Å². The quantitative estimate of drug-likeness (QED) is 0.0633. The first-order valence-electron chi connectivity index (χ1n) is 18.2. The number of rotatable bonds is 14. The molecule has 0 bridgehead atoms. The van der Waals surface area contributed by atoms with Crippen molar-refractivity contribution in [3.63, 3.8) is 0 Å². The molecule has 0 saturated heterocycles. The van der Waals surface area contributed by atoms with Gasteiger partial charge in [0.15, 0.2) is 0 Å². The first-order valence-corrected chi connectivity index (χ1v) is 19.9. The second-order valence-electron chi connectivity index (χ2n) is 13.3. The third kappa shape index (κ3) is 7.14. The normalized spacial score (nSPS) is 12.9. The first-order chi connectivity index (χ1) is 25.4. The highest BCUT2D eigenvalue weighted by atomic mass is 32.2. The van der Waals surface area contributed by atoms with E-state index in [1.165, 1.54) is 25.0 Å². The maximum Gasteiger partial charge on any atom is 0.278 e. The van der Waals surface area contributed by atoms with Gasteiger partial charge < -0.3 is 9.80 Å². The predicted molar refractivity (Wildman–Crippen MR) is 214 cm³/mol. The fourth-order valence-corrected chi connectivity index (χ4v) is 9.49. The highest BCUT2D eigenvalue weighted by molar-refractivity contribution is 8.00. The fourth-order valence-electron chi connectivity index (χ4n) is 7.22. The molecule has 0 aromatic heterocycles. The first kappa shape index (κ1) is 35.6. The topological polar surface area (TPSA) is 92.8 Å². The average Bonchev–Trinajstić information content (AvgIpc) is 3.16. The number of benzene rings is 5. The lowest BCUT2D eigenvalue weighted by Crippen LogP contribution is -2.22. The Kier molecular flexibility index (Phi) is 10.8. The molecule has 2 aliphatic heterocycles. The zero-order valence-corrected chi connectivity index (χ0v) is 31.2. The maximum absolute atomic E-state index is 12.7. The van der Waals surface area contributed by atoms with E-state index in [0.717, 1.165) is 93.9 Å². The molecule has 0 aliphatic carbocycles. The molecule has 0 N–H and O–H groups in total. The van der Waals surface area contributed by atoms with Crippen LogP contribution < -0.4 is 9.80 Å². The van der Waals surface area contributed by atoms with Gasteiger partial charge in [0.05, 0.1) is 43.7 Å². The molecule has 2 heterocycles. The number of hydrogen-bond acceptors (Lipinski definition) is 8. The van der Waals surface area contributed by atoms with Crippen LogP contribution in [0.5, 0.6) is 0 Å². The smallest absolute Gasteiger partial charge is 0.278 e. The third-order valence-corrected chi connectivity index (χ3v) is 12.1. The van der Waals surface area contributed by atoms with Gasteiger partial charge in [0.2, 0.25) is 0 Å². The Hall–Kier alpha value is -4.80. The summed E-state index contributed by atoms with van der Waals surface area (Å²) in [7, 11) is 0. The fraction of sp³-hybridized carbons (Fsp3) is 0.286. The van der Waals surface area contributed by atoms with Crippen molar-refractivity contribution in [3.8, 4) is 22.3 Å². The van der Waals surface area contributed by atoms with Crippen LogP contribution in [0.25, 0.3) is 22.3 Å². The summed E-state index contributed by atoms with van der Waals surface area (Å²) in [6, 6.07) is 31.0. The van der Waals surface area contributed by atoms with E-state index in [1.807, 2.05) is 60.7 Å². The Morgan fingerprint density at radius 1 is 0.500 bits per heavy atom. The molecular formula is C42H42N4O4S2. The van der Waals surface area contributed by atoms with Crippen LogP contribution in [0.2, 0.25) is 0 Å². The number of nitro groups is 2. The van der Waals surface area contributed by atoms with E-state index in [1.54, 1.807) is 23.5 Å². The number of fused-ring (bicyclic) bond motifs is 4. The van der Waals surface area contributed by atoms with Crippen LogP contribution in [0.4, 0.5) is 34.1 Å². The summed E-state index contributed by atoms with van der Waals surface area (Å²) < 4.78 is 0. The Labute approximate surface area is 313 Å². The summed E-state index contributed by atoms with van der Waals surface area (Å²) in [6.45, 7) is 6.14. The number of nitro benzene ring substituents is 2. The summed E-state index contributed by atoms with van der Waals surface area (Å²) in [5.74, 6) is 0. The van der Waals surface area contributed by atoms with Crippen molar-refractivity contribution >= 4 is 57.6 Å². The molecule has 10 heteroatoms. The number of nitrogens with zero attached hydrogens (tertiary/aromatic N) is 4. The summed E-state index contributed by atoms with van der Waals surface area (Å²) in [5.41, 5.74) is 5.70. The van der Waals surface area contributed by atoms with Gasteiger partial charge in [0, 0.05) is 44.8 Å². The molecule has 52 heavy (non-hydrogen) atoms. The van der Waals surface area contributed by atoms with E-state index < -0.39 is 9.85 Å². The van der Waals surface area contributed by atoms with Crippen LogP contribution in [0.15, 0.2) is 117 Å². The zero-order valence-electron chi connectivity index (χ0n) is 29.5. The molecule has 0 amide bonds. The molecule has 266 valence electrons. The van der Waals surface area contributed by atoms with Gasteiger partial charge in [-0.15, -0.1) is 0 Å². The van der Waals surface area contributed by atoms with Crippen molar-refractivity contribution in [2.24, 2.45) is 0 Å². The Morgan fingerprint density at radius 3 is 1.31 bits per heavy atom. The van der Waals surface area contributed by atoms with Crippen molar-refractivity contribution in [2.75, 3.05) is 22.9 Å². The van der Waals surface area contributed by atoms with Crippen LogP contribution in [0.1, 0.15) is 65.2 Å². The molecule has 0 atom stereocenters. The average molecular weight is 731 g/mol. The van der Waals surface area contributed by atoms with Crippen molar-refractivity contribution < 1.29 is 9.85 Å². The summed E-state index contributed by atoms with van der Waals surface area (Å²) >= 11 is 3.25. The largest absolute Gasteiger partial charge is 0.340 e. The van der Waals surface area contributed by atoms with Crippen LogP contribution in [0, 0.1) is 20.2 Å². The zero-order chi connectivity index (χ0) is 36.2. The molecule has 0 unspecified atom stereocenters. The third-order valence-electron chi connectivity index (χ3n) is 9.85. The summed E-state index contributed by atoms with van der Waals surface area (Å²) in [5, 5.41) is 25.4. The summed E-state index contributed by atoms with van der Waals surface area (Å²) in [6.07, 6.45) is 9.09. The van der Waals surface area contributed by atoms with Crippen molar-refractivity contribution in [1.82, 2.24) is 0 Å². The summed E-state index contributed by atoms with van der Waals surface area (Å²) in [4.78, 5) is 33.4. The van der Waals surface area contributed by atoms with Crippen LogP contribution in [-0.2, 0) is 0 Å². The van der Waals surface area contributed by atoms with Gasteiger partial charge in [0.25, 0.3) is 11.4 Å². The second-order valence-corrected chi connectivity index (χ2v) is 15.5. The molecular weight excluding hydrogens is 689 g/mol. The minimum absolute atomic E-state index is 0.161. The lowest BCUT2D eigenvalue weighted by Gasteiger charge is -2.33. The van der Waals surface area contributed by atoms with E-state index in [2.05, 4.69) is 47.9 Å². The van der Waals surface area contributed by atoms with E-state index >= 15 is 0 Å². The Balaban J connectivity index is 1.27. The number of hydrogen-bond donors (Lipinski definition) is 0. The molecule has 0 spiro atoms. The van der Waals surface area contributed by atoms with Crippen molar-refractivity contribution in [3.05, 3.63) is 117 Å². The van der Waals surface area contributed by atoms with Gasteiger partial charge in [0.1, 0.15) is 0 Å². The van der Waals surface area contributed by atoms with Gasteiger partial charge in [-0.2, -0.15) is 0 Å². The monoisotopic (exact) mass is 730 g/mol. The highest BCUT2D eigenvalue weighted by Gasteiger charge is 2.30. The van der Waals surface area contributed by atoms with Gasteiger partial charge in [-0.1, -0.05) is 112 Å². The van der Waals surface area contributed by atoms with Gasteiger partial charge in [-0.3, -0.25) is 20.2 Å². The molecule has 0 saturated carbocycles. The number of unbranched alkanes of at least 4 members (excludes halogenated alkanes) is 6. The van der Waals surface area contributed by atoms with Gasteiger partial charge >= 0.3 is 0 Å². The Bertz CT molecular complexity index is 1990. The van der Waals surface area contributed by atoms with E-state index in [0.29, 0.717) is 11.1 Å². The van der Waals surface area contributed by atoms with Gasteiger partial charge in [-0.25, -0.2) is 0 Å². The second kappa shape index (κ2) is 15.8. The highest BCUT2D eigenvalue weighted by Crippen LogP contribution is 2.52. The SMILES string of the molecule is CCCCCCN1c2ccccc2Sc2cc(-c3cc([N+](=O)[O-])c(-c4ccc5c(c4)Sc4ccccc4N5CCCCCC)cc3[N+](=O)[O-])ccc21. The van der Waals surface area contributed by atoms with E-state index in [-0.39, 0.29) is 22.5 Å².